The van der Waals surface area contributed by atoms with E-state index in [-0.39, 0.29) is 0 Å². The van der Waals surface area contributed by atoms with Gasteiger partial charge >= 0.3 is 0 Å². The molecule has 2 nitrogen and oxygen atoms in total. The fourth-order valence-electron chi connectivity index (χ4n) is 0.948. The predicted octanol–water partition coefficient (Wildman–Crippen LogP) is 3.24. The normalized spacial score (nSPS) is 9.08. The zero-order valence-electron chi connectivity index (χ0n) is 9.26. The summed E-state index contributed by atoms with van der Waals surface area (Å²) in [5.74, 6) is 0. The minimum Gasteiger partial charge on any atom is -0.381 e. The van der Waals surface area contributed by atoms with Gasteiger partial charge in [-0.2, -0.15) is 0 Å². The third kappa shape index (κ3) is 4.51. The Hall–Kier alpha value is -1.05. The largest absolute Gasteiger partial charge is 0.381 e. The number of pyridine rings is 1. The maximum absolute atomic E-state index is 4.17. The molecule has 0 bridgehead atoms. The van der Waals surface area contributed by atoms with Gasteiger partial charge in [0.2, 0.25) is 0 Å². The van der Waals surface area contributed by atoms with Crippen LogP contribution in [0.25, 0.3) is 0 Å². The van der Waals surface area contributed by atoms with Gasteiger partial charge in [-0.25, -0.2) is 0 Å². The van der Waals surface area contributed by atoms with Crippen LogP contribution in [0.4, 0.5) is 5.69 Å². The molecule has 0 amide bonds. The Bertz CT molecular complexity index is 231. The van der Waals surface area contributed by atoms with Crippen LogP contribution >= 0.6 is 0 Å². The first kappa shape index (κ1) is 11.9. The van der Waals surface area contributed by atoms with Gasteiger partial charge in [0, 0.05) is 12.2 Å². The molecule has 0 atom stereocenters. The lowest BCUT2D eigenvalue weighted by Crippen LogP contribution is -2.10. The summed E-state index contributed by atoms with van der Waals surface area (Å²) in [6.45, 7) is 10.2. The van der Waals surface area contributed by atoms with Crippen molar-refractivity contribution in [3.63, 3.8) is 0 Å². The van der Waals surface area contributed by atoms with Gasteiger partial charge in [-0.05, 0) is 32.9 Å². The van der Waals surface area contributed by atoms with E-state index in [4.69, 9.17) is 0 Å². The van der Waals surface area contributed by atoms with E-state index in [1.54, 1.807) is 6.20 Å². The molecular formula is C11H20N2. The molecule has 74 valence electrons. The number of hydrogen-bond donors (Lipinski definition) is 1. The van der Waals surface area contributed by atoms with Crippen molar-refractivity contribution in [3.8, 4) is 0 Å². The predicted molar refractivity (Wildman–Crippen MR) is 59.1 cm³/mol. The maximum Gasteiger partial charge on any atom is 0.0603 e. The third-order valence-corrected chi connectivity index (χ3v) is 1.45. The van der Waals surface area contributed by atoms with Crippen molar-refractivity contribution in [2.24, 2.45) is 0 Å². The highest BCUT2D eigenvalue weighted by Crippen LogP contribution is 2.10. The zero-order valence-corrected chi connectivity index (χ0v) is 9.26. The number of anilines is 1. The first-order valence-electron chi connectivity index (χ1n) is 4.88. The summed E-state index contributed by atoms with van der Waals surface area (Å²) in [7, 11) is 0. The summed E-state index contributed by atoms with van der Waals surface area (Å²) < 4.78 is 0. The van der Waals surface area contributed by atoms with Crippen molar-refractivity contribution < 1.29 is 0 Å². The van der Waals surface area contributed by atoms with Gasteiger partial charge in [0.15, 0.2) is 0 Å². The summed E-state index contributed by atoms with van der Waals surface area (Å²) in [4.78, 5) is 4.17. The summed E-state index contributed by atoms with van der Waals surface area (Å²) in [5, 5.41) is 3.31. The van der Waals surface area contributed by atoms with Gasteiger partial charge in [0.25, 0.3) is 0 Å². The first-order chi connectivity index (χ1) is 6.20. The minimum absolute atomic E-state index is 0.470. The van der Waals surface area contributed by atoms with E-state index in [0.717, 1.165) is 11.4 Å². The summed E-state index contributed by atoms with van der Waals surface area (Å²) in [6, 6.07) is 4.46. The van der Waals surface area contributed by atoms with Crippen LogP contribution in [-0.4, -0.2) is 11.0 Å². The molecule has 1 aromatic heterocycles. The van der Waals surface area contributed by atoms with Crippen molar-refractivity contribution in [2.75, 3.05) is 5.32 Å². The molecule has 0 fully saturated rings. The molecule has 1 heterocycles. The molecule has 1 aromatic rings. The van der Waals surface area contributed by atoms with Crippen molar-refractivity contribution >= 4 is 5.69 Å². The van der Waals surface area contributed by atoms with Gasteiger partial charge in [-0.15, -0.1) is 0 Å². The number of nitrogens with zero attached hydrogens (tertiary/aromatic N) is 1. The number of aromatic nitrogens is 1. The Balaban J connectivity index is 0.000000671. The first-order valence-corrected chi connectivity index (χ1v) is 4.88. The fourth-order valence-corrected chi connectivity index (χ4v) is 0.948. The van der Waals surface area contributed by atoms with Crippen LogP contribution in [-0.2, 0) is 0 Å². The van der Waals surface area contributed by atoms with Gasteiger partial charge in [0.05, 0.1) is 11.4 Å². The topological polar surface area (TPSA) is 24.9 Å². The molecule has 0 unspecified atom stereocenters. The van der Waals surface area contributed by atoms with Crippen molar-refractivity contribution in [3.05, 3.63) is 24.0 Å². The highest BCUT2D eigenvalue weighted by molar-refractivity contribution is 5.47. The second-order valence-electron chi connectivity index (χ2n) is 2.94. The fraction of sp³-hybridized carbons (Fsp3) is 0.545. The second-order valence-corrected chi connectivity index (χ2v) is 2.94. The lowest BCUT2D eigenvalue weighted by molar-refractivity contribution is 0.893. The third-order valence-electron chi connectivity index (χ3n) is 1.45. The smallest absolute Gasteiger partial charge is 0.0603 e. The zero-order chi connectivity index (χ0) is 10.3. The summed E-state index contributed by atoms with van der Waals surface area (Å²) in [5.41, 5.74) is 2.18. The van der Waals surface area contributed by atoms with E-state index in [1.165, 1.54) is 0 Å². The van der Waals surface area contributed by atoms with E-state index < -0.39 is 0 Å². The molecule has 1 rings (SSSR count). The van der Waals surface area contributed by atoms with Crippen LogP contribution in [0.1, 0.15) is 33.4 Å². The summed E-state index contributed by atoms with van der Waals surface area (Å²) in [6.07, 6.45) is 1.81. The molecule has 0 aliphatic rings. The van der Waals surface area contributed by atoms with Crippen LogP contribution in [0, 0.1) is 6.92 Å². The minimum atomic E-state index is 0.470. The summed E-state index contributed by atoms with van der Waals surface area (Å²) >= 11 is 0. The van der Waals surface area contributed by atoms with Gasteiger partial charge in [-0.3, -0.25) is 4.98 Å². The standard InChI is InChI=1S/C9H14N2.C2H6/c1-7(2)11-9-5-4-6-10-8(9)3;1-2/h4-7,11H,1-3H3;1-2H3. The number of aryl methyl sites for hydroxylation is 1. The number of hydrogen-bond acceptors (Lipinski definition) is 2. The lowest BCUT2D eigenvalue weighted by atomic mass is 10.3. The Labute approximate surface area is 81.4 Å². The Morgan fingerprint density at radius 1 is 1.31 bits per heavy atom. The van der Waals surface area contributed by atoms with Gasteiger partial charge in [-0.1, -0.05) is 13.8 Å². The van der Waals surface area contributed by atoms with Crippen molar-refractivity contribution in [1.29, 1.82) is 0 Å². The molecule has 0 saturated heterocycles. The van der Waals surface area contributed by atoms with Crippen LogP contribution in [0.2, 0.25) is 0 Å². The highest BCUT2D eigenvalue weighted by Gasteiger charge is 1.97. The maximum atomic E-state index is 4.17. The second kappa shape index (κ2) is 6.46. The van der Waals surface area contributed by atoms with E-state index >= 15 is 0 Å². The average molecular weight is 180 g/mol. The van der Waals surface area contributed by atoms with Crippen LogP contribution in [0.15, 0.2) is 18.3 Å². The number of nitrogens with one attached hydrogen (secondary N) is 1. The number of rotatable bonds is 2. The molecule has 0 saturated carbocycles. The van der Waals surface area contributed by atoms with Crippen LogP contribution in [0.5, 0.6) is 0 Å². The van der Waals surface area contributed by atoms with Gasteiger partial charge in [0.1, 0.15) is 0 Å². The van der Waals surface area contributed by atoms with Crippen LogP contribution < -0.4 is 5.32 Å². The van der Waals surface area contributed by atoms with E-state index in [2.05, 4.69) is 24.1 Å². The van der Waals surface area contributed by atoms with E-state index in [9.17, 15) is 0 Å². The molecule has 0 aromatic carbocycles. The molecular weight excluding hydrogens is 160 g/mol. The molecule has 0 spiro atoms. The Kier molecular flexibility index (Phi) is 5.94. The molecule has 0 aliphatic heterocycles. The quantitative estimate of drug-likeness (QED) is 0.755. The van der Waals surface area contributed by atoms with Crippen molar-refractivity contribution in [1.82, 2.24) is 4.98 Å². The van der Waals surface area contributed by atoms with Gasteiger partial charge < -0.3 is 5.32 Å². The Morgan fingerprint density at radius 2 is 1.92 bits per heavy atom. The molecule has 0 radical (unpaired) electrons. The Morgan fingerprint density at radius 3 is 2.38 bits per heavy atom. The monoisotopic (exact) mass is 180 g/mol. The van der Waals surface area contributed by atoms with Crippen LogP contribution in [0.3, 0.4) is 0 Å². The van der Waals surface area contributed by atoms with E-state index in [1.807, 2.05) is 32.9 Å². The molecule has 2 heteroatoms. The molecule has 1 N–H and O–H groups in total. The molecule has 0 aliphatic carbocycles. The average Bonchev–Trinajstić information content (AvgIpc) is 2.12. The van der Waals surface area contributed by atoms with E-state index in [0.29, 0.717) is 6.04 Å². The molecule has 13 heavy (non-hydrogen) atoms. The highest BCUT2D eigenvalue weighted by atomic mass is 14.9. The van der Waals surface area contributed by atoms with Crippen molar-refractivity contribution in [2.45, 2.75) is 40.7 Å². The SMILES string of the molecule is CC.Cc1ncccc1NC(C)C. The lowest BCUT2D eigenvalue weighted by Gasteiger charge is -2.10.